The van der Waals surface area contributed by atoms with Gasteiger partial charge in [-0.15, -0.1) is 0 Å². The van der Waals surface area contributed by atoms with E-state index in [4.69, 9.17) is 11.6 Å². The van der Waals surface area contributed by atoms with Gasteiger partial charge in [0.15, 0.2) is 5.78 Å². The van der Waals surface area contributed by atoms with Gasteiger partial charge >= 0.3 is 0 Å². The molecule has 1 aromatic rings. The summed E-state index contributed by atoms with van der Waals surface area (Å²) in [6, 6.07) is 4.98. The van der Waals surface area contributed by atoms with Gasteiger partial charge in [0, 0.05) is 27.7 Å². The van der Waals surface area contributed by atoms with Crippen molar-refractivity contribution in [3.05, 3.63) is 28.8 Å². The number of carbonyl (C=O) groups excluding carboxylic acids is 1. The van der Waals surface area contributed by atoms with Gasteiger partial charge in [0.2, 0.25) is 0 Å². The van der Waals surface area contributed by atoms with E-state index in [9.17, 15) is 9.00 Å². The zero-order valence-corrected chi connectivity index (χ0v) is 9.03. The number of rotatable bonds is 0. The average Bonchev–Trinajstić information content (AvgIpc) is 2.28. The van der Waals surface area contributed by atoms with E-state index in [1.807, 2.05) is 0 Å². The normalized spacial score (nSPS) is 21.5. The van der Waals surface area contributed by atoms with Gasteiger partial charge in [-0.25, -0.2) is 0 Å². The van der Waals surface area contributed by atoms with E-state index in [-0.39, 0.29) is 5.78 Å². The van der Waals surface area contributed by atoms with E-state index in [1.54, 1.807) is 18.2 Å². The monoisotopic (exact) mass is 228 g/mol. The second-order valence-electron chi connectivity index (χ2n) is 3.22. The number of Topliss-reactive ketones (excluding diaryl/α,β-unsaturated/α-hetero) is 1. The molecule has 1 aliphatic rings. The summed E-state index contributed by atoms with van der Waals surface area (Å²) in [5, 5.41) is 0.524. The molecule has 0 aromatic heterocycles. The standard InChI is InChI=1S/C10H9ClO2S/c11-7-3-4-10-8(6-7)9(12)2-1-5-14(10)13/h3-4,6H,1-2,5H2. The molecular weight excluding hydrogens is 220 g/mol. The van der Waals surface area contributed by atoms with Crippen LogP contribution in [-0.2, 0) is 10.8 Å². The quantitative estimate of drug-likeness (QED) is 0.684. The van der Waals surface area contributed by atoms with Crippen LogP contribution in [0.3, 0.4) is 0 Å². The molecule has 1 aromatic carbocycles. The van der Waals surface area contributed by atoms with E-state index >= 15 is 0 Å². The predicted octanol–water partition coefficient (Wildman–Crippen LogP) is 2.42. The Morgan fingerprint density at radius 3 is 2.93 bits per heavy atom. The molecule has 0 amide bonds. The van der Waals surface area contributed by atoms with Crippen LogP contribution >= 0.6 is 11.6 Å². The van der Waals surface area contributed by atoms with Gasteiger partial charge in [-0.3, -0.25) is 9.00 Å². The van der Waals surface area contributed by atoms with Crippen LogP contribution in [0.15, 0.2) is 23.1 Å². The molecule has 14 heavy (non-hydrogen) atoms. The molecular formula is C10H9ClO2S. The summed E-state index contributed by atoms with van der Waals surface area (Å²) in [4.78, 5) is 12.2. The van der Waals surface area contributed by atoms with Crippen molar-refractivity contribution in [2.45, 2.75) is 17.7 Å². The SMILES string of the molecule is O=C1CCCS(=O)c2ccc(Cl)cc21. The number of hydrogen-bond donors (Lipinski definition) is 0. The summed E-state index contributed by atoms with van der Waals surface area (Å²) in [7, 11) is -1.04. The molecule has 1 heterocycles. The van der Waals surface area contributed by atoms with Crippen molar-refractivity contribution >= 4 is 28.2 Å². The number of fused-ring (bicyclic) bond motifs is 1. The van der Waals surface area contributed by atoms with E-state index in [2.05, 4.69) is 0 Å². The molecule has 0 N–H and O–H groups in total. The van der Waals surface area contributed by atoms with Crippen LogP contribution in [0.25, 0.3) is 0 Å². The molecule has 0 fully saturated rings. The van der Waals surface area contributed by atoms with Crippen LogP contribution in [0.2, 0.25) is 5.02 Å². The lowest BCUT2D eigenvalue weighted by molar-refractivity contribution is 0.0980. The fourth-order valence-corrected chi connectivity index (χ4v) is 2.96. The fraction of sp³-hybridized carbons (Fsp3) is 0.300. The molecule has 2 nitrogen and oxygen atoms in total. The lowest BCUT2D eigenvalue weighted by Crippen LogP contribution is -2.00. The van der Waals surface area contributed by atoms with Crippen LogP contribution in [0, 0.1) is 0 Å². The zero-order chi connectivity index (χ0) is 10.1. The molecule has 1 atom stereocenters. The highest BCUT2D eigenvalue weighted by Crippen LogP contribution is 2.24. The Labute approximate surface area is 89.7 Å². The van der Waals surface area contributed by atoms with E-state index in [0.29, 0.717) is 34.1 Å². The van der Waals surface area contributed by atoms with Gasteiger partial charge in [0.25, 0.3) is 0 Å². The Kier molecular flexibility index (Phi) is 2.70. The van der Waals surface area contributed by atoms with Crippen LogP contribution in [0.1, 0.15) is 23.2 Å². The third-order valence-electron chi connectivity index (χ3n) is 2.22. The molecule has 74 valence electrons. The van der Waals surface area contributed by atoms with Crippen LogP contribution in [-0.4, -0.2) is 15.7 Å². The first-order valence-corrected chi connectivity index (χ1v) is 6.09. The van der Waals surface area contributed by atoms with Crippen LogP contribution < -0.4 is 0 Å². The smallest absolute Gasteiger partial charge is 0.164 e. The Bertz CT molecular complexity index is 415. The summed E-state index contributed by atoms with van der Waals surface area (Å²) in [6.07, 6.45) is 1.16. The van der Waals surface area contributed by atoms with Gasteiger partial charge in [0.05, 0.1) is 10.8 Å². The third kappa shape index (κ3) is 1.74. The minimum Gasteiger partial charge on any atom is -0.294 e. The topological polar surface area (TPSA) is 34.1 Å². The largest absolute Gasteiger partial charge is 0.294 e. The lowest BCUT2D eigenvalue weighted by atomic mass is 10.1. The molecule has 1 unspecified atom stereocenters. The maximum atomic E-state index is 11.7. The predicted molar refractivity (Wildman–Crippen MR) is 56.3 cm³/mol. The lowest BCUT2D eigenvalue weighted by Gasteiger charge is -2.03. The van der Waals surface area contributed by atoms with Crippen molar-refractivity contribution in [1.29, 1.82) is 0 Å². The number of ketones is 1. The Morgan fingerprint density at radius 2 is 2.14 bits per heavy atom. The average molecular weight is 229 g/mol. The highest BCUT2D eigenvalue weighted by Gasteiger charge is 2.20. The van der Waals surface area contributed by atoms with Crippen molar-refractivity contribution in [2.24, 2.45) is 0 Å². The molecule has 0 spiro atoms. The van der Waals surface area contributed by atoms with Crippen molar-refractivity contribution in [3.63, 3.8) is 0 Å². The molecule has 0 aliphatic carbocycles. The summed E-state index contributed by atoms with van der Waals surface area (Å²) < 4.78 is 11.7. The maximum Gasteiger partial charge on any atom is 0.164 e. The second-order valence-corrected chi connectivity index (χ2v) is 5.19. The van der Waals surface area contributed by atoms with Crippen molar-refractivity contribution < 1.29 is 9.00 Å². The minimum absolute atomic E-state index is 0.0494. The first kappa shape index (κ1) is 9.87. The number of carbonyl (C=O) groups is 1. The molecule has 4 heteroatoms. The third-order valence-corrected chi connectivity index (χ3v) is 3.96. The number of halogens is 1. The molecule has 0 saturated carbocycles. The first-order chi connectivity index (χ1) is 6.68. The highest BCUT2D eigenvalue weighted by atomic mass is 35.5. The maximum absolute atomic E-state index is 11.7. The van der Waals surface area contributed by atoms with Crippen molar-refractivity contribution in [2.75, 3.05) is 5.75 Å². The van der Waals surface area contributed by atoms with E-state index < -0.39 is 10.8 Å². The van der Waals surface area contributed by atoms with Gasteiger partial charge in [0.1, 0.15) is 0 Å². The van der Waals surface area contributed by atoms with Gasteiger partial charge < -0.3 is 0 Å². The van der Waals surface area contributed by atoms with Crippen LogP contribution in [0.4, 0.5) is 0 Å². The van der Waals surface area contributed by atoms with Crippen molar-refractivity contribution in [1.82, 2.24) is 0 Å². The van der Waals surface area contributed by atoms with Crippen molar-refractivity contribution in [3.8, 4) is 0 Å². The summed E-state index contributed by atoms with van der Waals surface area (Å²) >= 11 is 5.79. The number of hydrogen-bond acceptors (Lipinski definition) is 2. The summed E-state index contributed by atoms with van der Waals surface area (Å²) in [6.45, 7) is 0. The Hall–Kier alpha value is -0.670. The Morgan fingerprint density at radius 1 is 1.36 bits per heavy atom. The Balaban J connectivity index is 2.60. The van der Waals surface area contributed by atoms with E-state index in [0.717, 1.165) is 0 Å². The molecule has 2 rings (SSSR count). The highest BCUT2D eigenvalue weighted by molar-refractivity contribution is 7.85. The molecule has 1 aliphatic heterocycles. The first-order valence-electron chi connectivity index (χ1n) is 4.39. The molecule has 0 saturated heterocycles. The summed E-state index contributed by atoms with van der Waals surface area (Å²) in [5.41, 5.74) is 0.535. The fourth-order valence-electron chi connectivity index (χ4n) is 1.53. The second kappa shape index (κ2) is 3.83. The molecule has 0 bridgehead atoms. The molecule has 0 radical (unpaired) electrons. The van der Waals surface area contributed by atoms with Crippen LogP contribution in [0.5, 0.6) is 0 Å². The van der Waals surface area contributed by atoms with Gasteiger partial charge in [-0.05, 0) is 24.6 Å². The van der Waals surface area contributed by atoms with Gasteiger partial charge in [-0.1, -0.05) is 11.6 Å². The minimum atomic E-state index is -1.04. The van der Waals surface area contributed by atoms with E-state index in [1.165, 1.54) is 0 Å². The zero-order valence-electron chi connectivity index (χ0n) is 7.46. The number of benzene rings is 1. The van der Waals surface area contributed by atoms with Gasteiger partial charge in [-0.2, -0.15) is 0 Å². The summed E-state index contributed by atoms with van der Waals surface area (Å²) in [5.74, 6) is 0.619.